The van der Waals surface area contributed by atoms with E-state index in [1.54, 1.807) is 18.2 Å². The van der Waals surface area contributed by atoms with Crippen molar-refractivity contribution in [1.29, 1.82) is 0 Å². The van der Waals surface area contributed by atoms with Gasteiger partial charge in [0.05, 0.1) is 10.6 Å². The highest BCUT2D eigenvalue weighted by molar-refractivity contribution is 9.10. The Balaban J connectivity index is 2.27. The molecule has 2 rings (SSSR count). The van der Waals surface area contributed by atoms with Crippen LogP contribution in [0.25, 0.3) is 0 Å². The first-order valence-corrected chi connectivity index (χ1v) is 7.42. The summed E-state index contributed by atoms with van der Waals surface area (Å²) in [5.74, 6) is 0. The molecule has 0 bridgehead atoms. The van der Waals surface area contributed by atoms with E-state index in [2.05, 4.69) is 26.2 Å². The van der Waals surface area contributed by atoms with Crippen molar-refractivity contribution in [2.75, 3.05) is 5.32 Å². The number of nitro groups is 1. The van der Waals surface area contributed by atoms with Gasteiger partial charge >= 0.3 is 0 Å². The number of pyridine rings is 1. The molecule has 0 saturated carbocycles. The van der Waals surface area contributed by atoms with E-state index in [-0.39, 0.29) is 17.4 Å². The maximum Gasteiger partial charge on any atom is 0.275 e. The van der Waals surface area contributed by atoms with Gasteiger partial charge in [0.25, 0.3) is 5.69 Å². The minimum Gasteiger partial charge on any atom is -0.378 e. The highest BCUT2D eigenvalue weighted by atomic mass is 79.9. The van der Waals surface area contributed by atoms with Crippen LogP contribution in [0, 0.1) is 17.0 Å². The van der Waals surface area contributed by atoms with Crippen LogP contribution in [-0.2, 0) is 6.54 Å². The Bertz CT molecular complexity index is 687. The Morgan fingerprint density at radius 3 is 2.71 bits per heavy atom. The maximum absolute atomic E-state index is 11.1. The molecule has 0 aliphatic heterocycles. The van der Waals surface area contributed by atoms with Crippen molar-refractivity contribution in [3.63, 3.8) is 0 Å². The van der Waals surface area contributed by atoms with Crippen LogP contribution < -0.4 is 5.32 Å². The zero-order valence-corrected chi connectivity index (χ0v) is 14.0. The van der Waals surface area contributed by atoms with E-state index in [0.717, 1.165) is 5.56 Å². The fourth-order valence-corrected chi connectivity index (χ4v) is 2.80. The second kappa shape index (κ2) is 6.60. The molecule has 0 atom stereocenters. The van der Waals surface area contributed by atoms with E-state index in [1.165, 1.54) is 6.07 Å². The van der Waals surface area contributed by atoms with Crippen molar-refractivity contribution >= 4 is 50.5 Å². The van der Waals surface area contributed by atoms with Crippen LogP contribution in [-0.4, -0.2) is 9.91 Å². The van der Waals surface area contributed by atoms with Crippen LogP contribution in [0.15, 0.2) is 28.7 Å². The third-order valence-electron chi connectivity index (χ3n) is 2.84. The molecular weight excluding hydrogens is 381 g/mol. The largest absolute Gasteiger partial charge is 0.378 e. The number of nitrogens with zero attached hydrogens (tertiary/aromatic N) is 2. The third kappa shape index (κ3) is 3.84. The molecule has 1 N–H and O–H groups in total. The van der Waals surface area contributed by atoms with Crippen LogP contribution in [0.1, 0.15) is 11.1 Å². The molecule has 0 aliphatic carbocycles. The predicted octanol–water partition coefficient (Wildman–Crippen LogP) is 4.98. The topological polar surface area (TPSA) is 68.1 Å². The standard InChI is InChI=1S/C13H10BrCl2N3O2/c1-7-4-11(15)18-13(16)12(7)17-6-8-2-3-9(14)5-10(8)19(20)21/h2-5,17H,6H2,1H3. The second-order valence-corrected chi connectivity index (χ2v) is 5.97. The van der Waals surface area contributed by atoms with E-state index in [9.17, 15) is 10.1 Å². The molecule has 2 aromatic rings. The lowest BCUT2D eigenvalue weighted by atomic mass is 10.1. The molecule has 21 heavy (non-hydrogen) atoms. The SMILES string of the molecule is Cc1cc(Cl)nc(Cl)c1NCc1ccc(Br)cc1[N+](=O)[O-]. The molecule has 0 spiro atoms. The van der Waals surface area contributed by atoms with Crippen LogP contribution in [0.5, 0.6) is 0 Å². The molecule has 0 saturated heterocycles. The van der Waals surface area contributed by atoms with Gasteiger partial charge in [-0.2, -0.15) is 0 Å². The van der Waals surface area contributed by atoms with Gasteiger partial charge in [-0.05, 0) is 30.7 Å². The summed E-state index contributed by atoms with van der Waals surface area (Å²) in [6.45, 7) is 2.09. The summed E-state index contributed by atoms with van der Waals surface area (Å²) < 4.78 is 0.653. The lowest BCUT2D eigenvalue weighted by molar-refractivity contribution is -0.385. The van der Waals surface area contributed by atoms with Gasteiger partial charge < -0.3 is 5.32 Å². The van der Waals surface area contributed by atoms with Crippen LogP contribution >= 0.6 is 39.1 Å². The van der Waals surface area contributed by atoms with Crippen LogP contribution in [0.3, 0.4) is 0 Å². The van der Waals surface area contributed by atoms with E-state index < -0.39 is 4.92 Å². The Morgan fingerprint density at radius 2 is 2.10 bits per heavy atom. The molecule has 0 fully saturated rings. The highest BCUT2D eigenvalue weighted by Gasteiger charge is 2.15. The number of rotatable bonds is 4. The molecule has 1 heterocycles. The zero-order chi connectivity index (χ0) is 15.6. The smallest absolute Gasteiger partial charge is 0.275 e. The monoisotopic (exact) mass is 389 g/mol. The van der Waals surface area contributed by atoms with Gasteiger partial charge in [-0.15, -0.1) is 0 Å². The van der Waals surface area contributed by atoms with Gasteiger partial charge in [-0.3, -0.25) is 10.1 Å². The maximum atomic E-state index is 11.1. The molecule has 0 unspecified atom stereocenters. The summed E-state index contributed by atoms with van der Waals surface area (Å²) in [5.41, 5.74) is 2.01. The first kappa shape index (κ1) is 16.0. The van der Waals surface area contributed by atoms with Gasteiger partial charge in [-0.1, -0.05) is 39.1 Å². The summed E-state index contributed by atoms with van der Waals surface area (Å²) in [5, 5.41) is 14.7. The average Bonchev–Trinajstić information content (AvgIpc) is 2.38. The minimum absolute atomic E-state index is 0.0348. The number of aryl methyl sites for hydroxylation is 1. The van der Waals surface area contributed by atoms with Crippen molar-refractivity contribution in [3.8, 4) is 0 Å². The number of anilines is 1. The summed E-state index contributed by atoms with van der Waals surface area (Å²) in [6.07, 6.45) is 0. The normalized spacial score (nSPS) is 10.5. The Hall–Kier alpha value is -1.37. The van der Waals surface area contributed by atoms with Crippen molar-refractivity contribution < 1.29 is 4.92 Å². The molecule has 0 amide bonds. The van der Waals surface area contributed by atoms with E-state index >= 15 is 0 Å². The van der Waals surface area contributed by atoms with Gasteiger partial charge in [0.15, 0.2) is 5.15 Å². The van der Waals surface area contributed by atoms with Crippen LogP contribution in [0.4, 0.5) is 11.4 Å². The molecule has 1 aromatic heterocycles. The fourth-order valence-electron chi connectivity index (χ4n) is 1.85. The Morgan fingerprint density at radius 1 is 1.38 bits per heavy atom. The van der Waals surface area contributed by atoms with Gasteiger partial charge in [0.1, 0.15) is 5.15 Å². The lowest BCUT2D eigenvalue weighted by Crippen LogP contribution is -2.05. The quantitative estimate of drug-likeness (QED) is 0.454. The van der Waals surface area contributed by atoms with Crippen molar-refractivity contribution in [3.05, 3.63) is 60.3 Å². The van der Waals surface area contributed by atoms with Crippen LogP contribution in [0.2, 0.25) is 10.3 Å². The predicted molar refractivity (Wildman–Crippen MR) is 87.1 cm³/mol. The molecule has 0 aliphatic rings. The number of nitro benzene ring substituents is 1. The number of hydrogen-bond acceptors (Lipinski definition) is 4. The van der Waals surface area contributed by atoms with Gasteiger partial charge in [0, 0.05) is 22.6 Å². The zero-order valence-electron chi connectivity index (χ0n) is 10.9. The molecule has 8 heteroatoms. The summed E-state index contributed by atoms with van der Waals surface area (Å²) in [4.78, 5) is 14.6. The van der Waals surface area contributed by atoms with Crippen molar-refractivity contribution in [1.82, 2.24) is 4.98 Å². The lowest BCUT2D eigenvalue weighted by Gasteiger charge is -2.11. The summed E-state index contributed by atoms with van der Waals surface area (Å²) in [7, 11) is 0. The summed E-state index contributed by atoms with van der Waals surface area (Å²) in [6, 6.07) is 6.57. The molecule has 110 valence electrons. The molecular formula is C13H10BrCl2N3O2. The average molecular weight is 391 g/mol. The van der Waals surface area contributed by atoms with Gasteiger partial charge in [-0.25, -0.2) is 4.98 Å². The number of halogens is 3. The van der Waals surface area contributed by atoms with Gasteiger partial charge in [0.2, 0.25) is 0 Å². The molecule has 0 radical (unpaired) electrons. The highest BCUT2D eigenvalue weighted by Crippen LogP contribution is 2.29. The van der Waals surface area contributed by atoms with E-state index in [0.29, 0.717) is 20.9 Å². The third-order valence-corrected chi connectivity index (χ3v) is 3.80. The number of aromatic nitrogens is 1. The number of nitrogens with one attached hydrogen (secondary N) is 1. The minimum atomic E-state index is -0.420. The van der Waals surface area contributed by atoms with E-state index in [4.69, 9.17) is 23.2 Å². The summed E-state index contributed by atoms with van der Waals surface area (Å²) >= 11 is 15.1. The Kier molecular flexibility index (Phi) is 5.03. The van der Waals surface area contributed by atoms with Crippen molar-refractivity contribution in [2.45, 2.75) is 13.5 Å². The Labute approximate surface area is 139 Å². The van der Waals surface area contributed by atoms with Crippen molar-refractivity contribution in [2.24, 2.45) is 0 Å². The first-order chi connectivity index (χ1) is 9.88. The number of benzene rings is 1. The first-order valence-electron chi connectivity index (χ1n) is 5.88. The number of hydrogen-bond donors (Lipinski definition) is 1. The molecule has 1 aromatic carbocycles. The van der Waals surface area contributed by atoms with E-state index in [1.807, 2.05) is 6.92 Å². The second-order valence-electron chi connectivity index (χ2n) is 4.31. The molecule has 5 nitrogen and oxygen atoms in total. The fraction of sp³-hybridized carbons (Fsp3) is 0.154.